The molecule has 0 saturated heterocycles. The van der Waals surface area contributed by atoms with E-state index in [1.807, 2.05) is 11.8 Å². The van der Waals surface area contributed by atoms with Gasteiger partial charge in [-0.2, -0.15) is 11.8 Å². The zero-order valence-electron chi connectivity index (χ0n) is 9.11. The fourth-order valence-corrected chi connectivity index (χ4v) is 3.31. The Hall–Kier alpha value is 0.270. The molecule has 1 saturated carbocycles. The maximum absolute atomic E-state index is 9.02. The average Bonchev–Trinajstić information content (AvgIpc) is 2.17. The summed E-state index contributed by atoms with van der Waals surface area (Å²) in [5, 5.41) is 9.92. The van der Waals surface area contributed by atoms with Gasteiger partial charge in [-0.15, -0.1) is 0 Å². The smallest absolute Gasteiger partial charge is 0.0547 e. The zero-order valence-corrected chi connectivity index (χ0v) is 9.93. The van der Waals surface area contributed by atoms with Crippen LogP contribution in [0.15, 0.2) is 0 Å². The molecule has 0 amide bonds. The number of nitrogens with two attached hydrogens (primary N) is 1. The molecule has 14 heavy (non-hydrogen) atoms. The van der Waals surface area contributed by atoms with Crippen LogP contribution in [0.3, 0.4) is 0 Å². The molecule has 0 heterocycles. The Bertz CT molecular complexity index is 154. The van der Waals surface area contributed by atoms with Crippen LogP contribution in [0.5, 0.6) is 0 Å². The highest BCUT2D eigenvalue weighted by Gasteiger charge is 2.21. The second-order valence-corrected chi connectivity index (χ2v) is 6.01. The van der Waals surface area contributed by atoms with Gasteiger partial charge in [0.25, 0.3) is 0 Å². The molecule has 2 nitrogen and oxygen atoms in total. The Labute approximate surface area is 91.6 Å². The van der Waals surface area contributed by atoms with Gasteiger partial charge in [0.1, 0.15) is 0 Å². The summed E-state index contributed by atoms with van der Waals surface area (Å²) in [7, 11) is 0. The fourth-order valence-electron chi connectivity index (χ4n) is 1.99. The second kappa shape index (κ2) is 6.70. The van der Waals surface area contributed by atoms with Crippen molar-refractivity contribution in [3.63, 3.8) is 0 Å². The Morgan fingerprint density at radius 1 is 1.29 bits per heavy atom. The van der Waals surface area contributed by atoms with Crippen LogP contribution in [0.25, 0.3) is 0 Å². The molecule has 0 radical (unpaired) electrons. The summed E-state index contributed by atoms with van der Waals surface area (Å²) in [5.41, 5.74) is 6.15. The predicted molar refractivity (Wildman–Crippen MR) is 63.6 cm³/mol. The highest BCUT2D eigenvalue weighted by Crippen LogP contribution is 2.28. The van der Waals surface area contributed by atoms with E-state index in [0.29, 0.717) is 16.5 Å². The van der Waals surface area contributed by atoms with Crippen LogP contribution >= 0.6 is 11.8 Å². The predicted octanol–water partition coefficient (Wildman–Crippen LogP) is 2.15. The van der Waals surface area contributed by atoms with Gasteiger partial charge >= 0.3 is 0 Å². The molecular formula is C11H23NOS. The van der Waals surface area contributed by atoms with E-state index >= 15 is 0 Å². The Morgan fingerprint density at radius 2 is 1.93 bits per heavy atom. The molecule has 1 rings (SSSR count). The quantitative estimate of drug-likeness (QED) is 0.761. The standard InChI is InChI=1S/C11H23NOS/c1-9(8-13)14-11-7-5-3-2-4-6-10(11)12/h9-11,13H,2-8,12H2,1H3. The van der Waals surface area contributed by atoms with E-state index in [9.17, 15) is 0 Å². The molecule has 3 N–H and O–H groups in total. The summed E-state index contributed by atoms with van der Waals surface area (Å²) in [6, 6.07) is 0.342. The van der Waals surface area contributed by atoms with E-state index in [1.54, 1.807) is 0 Å². The van der Waals surface area contributed by atoms with Gasteiger partial charge in [0.05, 0.1) is 6.61 Å². The SMILES string of the molecule is CC(CO)SC1CCCCCCC1N. The lowest BCUT2D eigenvalue weighted by Gasteiger charge is -2.27. The van der Waals surface area contributed by atoms with Crippen molar-refractivity contribution in [1.82, 2.24) is 0 Å². The molecule has 0 aromatic carbocycles. The minimum atomic E-state index is 0.272. The third-order valence-corrected chi connectivity index (χ3v) is 4.47. The van der Waals surface area contributed by atoms with Crippen LogP contribution in [-0.2, 0) is 0 Å². The summed E-state index contributed by atoms with van der Waals surface area (Å²) in [6.07, 6.45) is 7.69. The first-order valence-electron chi connectivity index (χ1n) is 5.76. The summed E-state index contributed by atoms with van der Waals surface area (Å²) < 4.78 is 0. The van der Waals surface area contributed by atoms with Gasteiger partial charge in [0.15, 0.2) is 0 Å². The van der Waals surface area contributed by atoms with E-state index in [-0.39, 0.29) is 6.61 Å². The second-order valence-electron chi connectivity index (χ2n) is 4.32. The first kappa shape index (κ1) is 12.3. The summed E-state index contributed by atoms with van der Waals surface area (Å²) in [6.45, 7) is 2.35. The van der Waals surface area contributed by atoms with Gasteiger partial charge in [-0.1, -0.05) is 32.6 Å². The number of thioether (sulfide) groups is 1. The molecule has 84 valence electrons. The van der Waals surface area contributed by atoms with E-state index in [1.165, 1.54) is 32.1 Å². The molecule has 1 aliphatic carbocycles. The van der Waals surface area contributed by atoms with Crippen molar-refractivity contribution in [2.45, 2.75) is 62.0 Å². The number of aliphatic hydroxyl groups excluding tert-OH is 1. The minimum Gasteiger partial charge on any atom is -0.395 e. The van der Waals surface area contributed by atoms with Crippen molar-refractivity contribution in [1.29, 1.82) is 0 Å². The topological polar surface area (TPSA) is 46.2 Å². The zero-order chi connectivity index (χ0) is 10.4. The first-order valence-corrected chi connectivity index (χ1v) is 6.70. The molecule has 1 fully saturated rings. The molecule has 3 unspecified atom stereocenters. The van der Waals surface area contributed by atoms with Gasteiger partial charge < -0.3 is 10.8 Å². The monoisotopic (exact) mass is 217 g/mol. The largest absolute Gasteiger partial charge is 0.395 e. The van der Waals surface area contributed by atoms with Crippen LogP contribution in [0.4, 0.5) is 0 Å². The Kier molecular flexibility index (Phi) is 5.90. The van der Waals surface area contributed by atoms with Crippen LogP contribution in [-0.4, -0.2) is 28.3 Å². The van der Waals surface area contributed by atoms with Crippen LogP contribution < -0.4 is 5.73 Å². The van der Waals surface area contributed by atoms with Gasteiger partial charge in [-0.3, -0.25) is 0 Å². The highest BCUT2D eigenvalue weighted by atomic mass is 32.2. The van der Waals surface area contributed by atoms with Crippen molar-refractivity contribution in [2.24, 2.45) is 5.73 Å². The van der Waals surface area contributed by atoms with Gasteiger partial charge in [-0.25, -0.2) is 0 Å². The van der Waals surface area contributed by atoms with Gasteiger partial charge in [0, 0.05) is 16.5 Å². The van der Waals surface area contributed by atoms with Crippen LogP contribution in [0.1, 0.15) is 45.4 Å². The van der Waals surface area contributed by atoms with E-state index in [0.717, 1.165) is 6.42 Å². The number of hydrogen-bond acceptors (Lipinski definition) is 3. The summed E-state index contributed by atoms with van der Waals surface area (Å²) >= 11 is 1.88. The van der Waals surface area contributed by atoms with E-state index in [2.05, 4.69) is 6.92 Å². The lowest BCUT2D eigenvalue weighted by Crippen LogP contribution is -2.34. The Balaban J connectivity index is 2.37. The van der Waals surface area contributed by atoms with Crippen molar-refractivity contribution in [3.05, 3.63) is 0 Å². The molecular weight excluding hydrogens is 194 g/mol. The highest BCUT2D eigenvalue weighted by molar-refractivity contribution is 8.00. The molecule has 0 bridgehead atoms. The molecule has 0 spiro atoms. The van der Waals surface area contributed by atoms with E-state index in [4.69, 9.17) is 10.8 Å². The van der Waals surface area contributed by atoms with Crippen LogP contribution in [0.2, 0.25) is 0 Å². The molecule has 0 aliphatic heterocycles. The summed E-state index contributed by atoms with van der Waals surface area (Å²) in [4.78, 5) is 0. The molecule has 0 aromatic heterocycles. The Morgan fingerprint density at radius 3 is 2.57 bits per heavy atom. The number of aliphatic hydroxyl groups is 1. The average molecular weight is 217 g/mol. The van der Waals surface area contributed by atoms with Crippen molar-refractivity contribution in [3.8, 4) is 0 Å². The molecule has 3 heteroatoms. The van der Waals surface area contributed by atoms with Gasteiger partial charge in [0.2, 0.25) is 0 Å². The summed E-state index contributed by atoms with van der Waals surface area (Å²) in [5.74, 6) is 0. The first-order chi connectivity index (χ1) is 6.74. The lowest BCUT2D eigenvalue weighted by atomic mass is 9.97. The molecule has 1 aliphatic rings. The van der Waals surface area contributed by atoms with Crippen molar-refractivity contribution < 1.29 is 5.11 Å². The number of rotatable bonds is 3. The normalized spacial score (nSPS) is 31.9. The number of hydrogen-bond donors (Lipinski definition) is 2. The molecule has 3 atom stereocenters. The van der Waals surface area contributed by atoms with Crippen molar-refractivity contribution in [2.75, 3.05) is 6.61 Å². The molecule has 0 aromatic rings. The lowest BCUT2D eigenvalue weighted by molar-refractivity contribution is 0.299. The van der Waals surface area contributed by atoms with Crippen LogP contribution in [0, 0.1) is 0 Å². The maximum Gasteiger partial charge on any atom is 0.0547 e. The maximum atomic E-state index is 9.02. The third-order valence-electron chi connectivity index (χ3n) is 2.92. The third kappa shape index (κ3) is 4.20. The fraction of sp³-hybridized carbons (Fsp3) is 1.00. The minimum absolute atomic E-state index is 0.272. The van der Waals surface area contributed by atoms with E-state index < -0.39 is 0 Å². The van der Waals surface area contributed by atoms with Crippen molar-refractivity contribution >= 4 is 11.8 Å². The van der Waals surface area contributed by atoms with Gasteiger partial charge in [-0.05, 0) is 12.8 Å².